The van der Waals surface area contributed by atoms with Gasteiger partial charge in [0.25, 0.3) is 0 Å². The highest BCUT2D eigenvalue weighted by Crippen LogP contribution is 2.17. The Balaban J connectivity index is 2.24. The summed E-state index contributed by atoms with van der Waals surface area (Å²) in [5, 5.41) is 3.80. The minimum absolute atomic E-state index is 0.157. The van der Waals surface area contributed by atoms with E-state index in [1.54, 1.807) is 0 Å². The van der Waals surface area contributed by atoms with Crippen LogP contribution in [0.5, 0.6) is 0 Å². The molecule has 0 atom stereocenters. The minimum Gasteiger partial charge on any atom is -0.398 e. The molecule has 0 aliphatic heterocycles. The number of nitrogens with two attached hydrogens (primary N) is 1. The molecule has 1 heterocycles. The second-order valence-corrected chi connectivity index (χ2v) is 4.24. The quantitative estimate of drug-likeness (QED) is 0.656. The lowest BCUT2D eigenvalue weighted by atomic mass is 10.0. The van der Waals surface area contributed by atoms with Crippen molar-refractivity contribution in [2.45, 2.75) is 6.42 Å². The summed E-state index contributed by atoms with van der Waals surface area (Å²) in [6, 6.07) is 5.72. The van der Waals surface area contributed by atoms with Gasteiger partial charge in [-0.1, -0.05) is 0 Å². The molecular weight excluding hydrogens is 225 g/mol. The topological polar surface area (TPSA) is 43.1 Å². The van der Waals surface area contributed by atoms with Gasteiger partial charge in [-0.2, -0.15) is 11.3 Å². The zero-order valence-electron chi connectivity index (χ0n) is 8.44. The van der Waals surface area contributed by atoms with Crippen molar-refractivity contribution < 1.29 is 9.18 Å². The van der Waals surface area contributed by atoms with Crippen LogP contribution in [0.15, 0.2) is 35.0 Å². The lowest BCUT2D eigenvalue weighted by Gasteiger charge is -2.03. The van der Waals surface area contributed by atoms with E-state index in [-0.39, 0.29) is 17.8 Å². The van der Waals surface area contributed by atoms with Crippen LogP contribution in [0, 0.1) is 5.82 Å². The van der Waals surface area contributed by atoms with E-state index in [4.69, 9.17) is 5.73 Å². The van der Waals surface area contributed by atoms with Gasteiger partial charge < -0.3 is 5.73 Å². The Hall–Kier alpha value is -1.68. The van der Waals surface area contributed by atoms with Crippen LogP contribution in [-0.2, 0) is 6.42 Å². The molecule has 0 spiro atoms. The second-order valence-electron chi connectivity index (χ2n) is 3.46. The average Bonchev–Trinajstić information content (AvgIpc) is 2.74. The number of carbonyl (C=O) groups excluding carboxylic acids is 1. The number of nitrogen functional groups attached to an aromatic ring is 1. The van der Waals surface area contributed by atoms with Crippen LogP contribution in [0.25, 0.3) is 0 Å². The molecule has 16 heavy (non-hydrogen) atoms. The van der Waals surface area contributed by atoms with Crippen LogP contribution in [0.1, 0.15) is 15.9 Å². The van der Waals surface area contributed by atoms with Crippen LogP contribution >= 0.6 is 11.3 Å². The molecule has 1 aromatic heterocycles. The molecule has 0 amide bonds. The number of benzene rings is 1. The molecule has 0 aliphatic rings. The van der Waals surface area contributed by atoms with E-state index in [0.29, 0.717) is 5.69 Å². The summed E-state index contributed by atoms with van der Waals surface area (Å²) < 4.78 is 13.0. The van der Waals surface area contributed by atoms with Gasteiger partial charge in [0.15, 0.2) is 5.78 Å². The maximum absolute atomic E-state index is 13.0. The van der Waals surface area contributed by atoms with E-state index in [1.165, 1.54) is 29.5 Å². The number of carbonyl (C=O) groups is 1. The van der Waals surface area contributed by atoms with Gasteiger partial charge in [-0.15, -0.1) is 0 Å². The van der Waals surface area contributed by atoms with Gasteiger partial charge in [-0.25, -0.2) is 4.39 Å². The van der Waals surface area contributed by atoms with Gasteiger partial charge in [0, 0.05) is 17.7 Å². The summed E-state index contributed by atoms with van der Waals surface area (Å²) >= 11 is 1.53. The fourth-order valence-electron chi connectivity index (χ4n) is 1.44. The summed E-state index contributed by atoms with van der Waals surface area (Å²) in [6.07, 6.45) is 0.261. The first kappa shape index (κ1) is 10.8. The molecule has 4 heteroatoms. The Morgan fingerprint density at radius 2 is 2.19 bits per heavy atom. The summed E-state index contributed by atoms with van der Waals surface area (Å²) in [6.45, 7) is 0. The monoisotopic (exact) mass is 235 g/mol. The number of halogens is 1. The lowest BCUT2D eigenvalue weighted by Crippen LogP contribution is -2.07. The SMILES string of the molecule is Nc1ccc(F)cc1C(=O)Cc1ccsc1. The van der Waals surface area contributed by atoms with Crippen LogP contribution in [-0.4, -0.2) is 5.78 Å². The fraction of sp³-hybridized carbons (Fsp3) is 0.0833. The molecule has 0 radical (unpaired) electrons. The largest absolute Gasteiger partial charge is 0.398 e. The third kappa shape index (κ3) is 2.28. The van der Waals surface area contributed by atoms with Crippen molar-refractivity contribution in [3.63, 3.8) is 0 Å². The zero-order valence-corrected chi connectivity index (χ0v) is 9.26. The standard InChI is InChI=1S/C12H10FNOS/c13-9-1-2-11(14)10(6-9)12(15)5-8-3-4-16-7-8/h1-4,6-7H,5,14H2. The van der Waals surface area contributed by atoms with Gasteiger partial charge in [-0.3, -0.25) is 4.79 Å². The molecule has 1 aromatic carbocycles. The summed E-state index contributed by atoms with van der Waals surface area (Å²) in [7, 11) is 0. The van der Waals surface area contributed by atoms with Crippen molar-refractivity contribution in [3.05, 3.63) is 52.0 Å². The van der Waals surface area contributed by atoms with E-state index < -0.39 is 5.82 Å². The summed E-state index contributed by atoms with van der Waals surface area (Å²) in [5.41, 5.74) is 7.14. The average molecular weight is 235 g/mol. The molecule has 0 saturated carbocycles. The first-order chi connectivity index (χ1) is 7.66. The molecule has 2 rings (SSSR count). The van der Waals surface area contributed by atoms with Crippen molar-refractivity contribution in [1.29, 1.82) is 0 Å². The van der Waals surface area contributed by atoms with Gasteiger partial charge in [0.2, 0.25) is 0 Å². The molecule has 2 aromatic rings. The van der Waals surface area contributed by atoms with Crippen molar-refractivity contribution in [2.24, 2.45) is 0 Å². The predicted molar refractivity (Wildman–Crippen MR) is 63.2 cm³/mol. The molecule has 0 bridgehead atoms. The van der Waals surface area contributed by atoms with E-state index in [2.05, 4.69) is 0 Å². The number of Topliss-reactive ketones (excluding diaryl/α,β-unsaturated/α-hetero) is 1. The number of thiophene rings is 1. The summed E-state index contributed by atoms with van der Waals surface area (Å²) in [4.78, 5) is 11.8. The molecule has 0 saturated heterocycles. The first-order valence-electron chi connectivity index (χ1n) is 4.76. The molecule has 2 N–H and O–H groups in total. The number of rotatable bonds is 3. The van der Waals surface area contributed by atoms with Gasteiger partial charge in [0.05, 0.1) is 0 Å². The Labute approximate surface area is 96.5 Å². The normalized spacial score (nSPS) is 10.3. The summed E-state index contributed by atoms with van der Waals surface area (Å²) in [5.74, 6) is -0.599. The molecule has 82 valence electrons. The number of hydrogen-bond acceptors (Lipinski definition) is 3. The highest BCUT2D eigenvalue weighted by atomic mass is 32.1. The second kappa shape index (κ2) is 4.45. The predicted octanol–water partition coefficient (Wildman–Crippen LogP) is 2.89. The van der Waals surface area contributed by atoms with E-state index in [9.17, 15) is 9.18 Å². The highest BCUT2D eigenvalue weighted by molar-refractivity contribution is 7.08. The molecular formula is C12H10FNOS. The van der Waals surface area contributed by atoms with Crippen molar-refractivity contribution in [1.82, 2.24) is 0 Å². The first-order valence-corrected chi connectivity index (χ1v) is 5.70. The molecule has 0 unspecified atom stereocenters. The van der Waals surface area contributed by atoms with E-state index >= 15 is 0 Å². The fourth-order valence-corrected chi connectivity index (χ4v) is 2.11. The van der Waals surface area contributed by atoms with Crippen LogP contribution in [0.4, 0.5) is 10.1 Å². The Kier molecular flexibility index (Phi) is 3.01. The van der Waals surface area contributed by atoms with Gasteiger partial charge in [-0.05, 0) is 40.6 Å². The smallest absolute Gasteiger partial charge is 0.169 e. The molecule has 0 aliphatic carbocycles. The number of anilines is 1. The third-order valence-electron chi connectivity index (χ3n) is 2.26. The van der Waals surface area contributed by atoms with Gasteiger partial charge >= 0.3 is 0 Å². The number of ketones is 1. The maximum Gasteiger partial charge on any atom is 0.169 e. The Bertz CT molecular complexity index is 508. The lowest BCUT2D eigenvalue weighted by molar-refractivity contribution is 0.0993. The van der Waals surface area contributed by atoms with Crippen molar-refractivity contribution in [3.8, 4) is 0 Å². The Morgan fingerprint density at radius 1 is 1.38 bits per heavy atom. The third-order valence-corrected chi connectivity index (χ3v) is 2.99. The molecule has 2 nitrogen and oxygen atoms in total. The van der Waals surface area contributed by atoms with Crippen LogP contribution < -0.4 is 5.73 Å². The minimum atomic E-state index is -0.442. The maximum atomic E-state index is 13.0. The molecule has 0 fully saturated rings. The van der Waals surface area contributed by atoms with Crippen LogP contribution in [0.2, 0.25) is 0 Å². The highest BCUT2D eigenvalue weighted by Gasteiger charge is 2.11. The van der Waals surface area contributed by atoms with Crippen molar-refractivity contribution in [2.75, 3.05) is 5.73 Å². The van der Waals surface area contributed by atoms with Gasteiger partial charge in [0.1, 0.15) is 5.82 Å². The van der Waals surface area contributed by atoms with Crippen LogP contribution in [0.3, 0.4) is 0 Å². The van der Waals surface area contributed by atoms with E-state index in [0.717, 1.165) is 5.56 Å². The van der Waals surface area contributed by atoms with E-state index in [1.807, 2.05) is 16.8 Å². The Morgan fingerprint density at radius 3 is 2.88 bits per heavy atom. The number of hydrogen-bond donors (Lipinski definition) is 1. The van der Waals surface area contributed by atoms with Crippen molar-refractivity contribution >= 4 is 22.8 Å². The zero-order chi connectivity index (χ0) is 11.5.